The Kier molecular flexibility index (Phi) is 6.08. The topological polar surface area (TPSA) is 83.1 Å². The maximum Gasteiger partial charge on any atom is 0.252 e. The van der Waals surface area contributed by atoms with E-state index in [-0.39, 0.29) is 11.8 Å². The molecule has 3 N–H and O–H groups in total. The van der Waals surface area contributed by atoms with Crippen LogP contribution in [0.25, 0.3) is 0 Å². The molecule has 0 aromatic carbocycles. The third-order valence-corrected chi connectivity index (χ3v) is 2.52. The molecule has 0 saturated carbocycles. The average Bonchev–Trinajstić information content (AvgIpc) is 2.36. The molecule has 0 saturated heterocycles. The minimum atomic E-state index is -0.275. The van der Waals surface area contributed by atoms with E-state index in [1.54, 1.807) is 6.07 Å². The quantitative estimate of drug-likeness (QED) is 0.682. The van der Waals surface area contributed by atoms with Crippen LogP contribution in [0.15, 0.2) is 12.3 Å². The van der Waals surface area contributed by atoms with Gasteiger partial charge in [-0.15, -0.1) is 0 Å². The predicted molar refractivity (Wildman–Crippen MR) is 74.4 cm³/mol. The third kappa shape index (κ3) is 5.13. The van der Waals surface area contributed by atoms with Gasteiger partial charge in [0.2, 0.25) is 5.91 Å². The number of carbonyl (C=O) groups excluding carboxylic acids is 2. The molecule has 1 aromatic rings. The summed E-state index contributed by atoms with van der Waals surface area (Å²) in [4.78, 5) is 26.5. The SMILES string of the molecule is CCNc1ncc(C(=O)NCCNC(C)=O)cc1Cl. The van der Waals surface area contributed by atoms with Crippen molar-refractivity contribution in [2.75, 3.05) is 25.0 Å². The molecule has 0 fully saturated rings. The molecule has 0 atom stereocenters. The van der Waals surface area contributed by atoms with E-state index in [0.29, 0.717) is 36.0 Å². The van der Waals surface area contributed by atoms with Gasteiger partial charge in [-0.05, 0) is 13.0 Å². The monoisotopic (exact) mass is 284 g/mol. The predicted octanol–water partition coefficient (Wildman–Crippen LogP) is 1.03. The molecule has 0 aliphatic rings. The van der Waals surface area contributed by atoms with Crippen molar-refractivity contribution in [2.45, 2.75) is 13.8 Å². The molecule has 19 heavy (non-hydrogen) atoms. The van der Waals surface area contributed by atoms with Crippen molar-refractivity contribution in [1.82, 2.24) is 15.6 Å². The summed E-state index contributed by atoms with van der Waals surface area (Å²) in [5.41, 5.74) is 0.384. The van der Waals surface area contributed by atoms with Gasteiger partial charge in [-0.1, -0.05) is 11.6 Å². The van der Waals surface area contributed by atoms with Gasteiger partial charge in [0.25, 0.3) is 5.91 Å². The van der Waals surface area contributed by atoms with Crippen molar-refractivity contribution in [2.24, 2.45) is 0 Å². The van der Waals surface area contributed by atoms with Gasteiger partial charge in [-0.3, -0.25) is 9.59 Å². The lowest BCUT2D eigenvalue weighted by Crippen LogP contribution is -2.33. The Morgan fingerprint density at radius 2 is 2.00 bits per heavy atom. The summed E-state index contributed by atoms with van der Waals surface area (Å²) in [5, 5.41) is 8.63. The summed E-state index contributed by atoms with van der Waals surface area (Å²) in [6.07, 6.45) is 1.46. The zero-order chi connectivity index (χ0) is 14.3. The Morgan fingerprint density at radius 3 is 2.58 bits per heavy atom. The van der Waals surface area contributed by atoms with Crippen LogP contribution in [0.3, 0.4) is 0 Å². The van der Waals surface area contributed by atoms with E-state index >= 15 is 0 Å². The van der Waals surface area contributed by atoms with Crippen LogP contribution in [0.4, 0.5) is 5.82 Å². The van der Waals surface area contributed by atoms with Gasteiger partial charge < -0.3 is 16.0 Å². The molecule has 104 valence electrons. The normalized spacial score (nSPS) is 9.84. The molecule has 0 aliphatic heterocycles. The highest BCUT2D eigenvalue weighted by atomic mass is 35.5. The van der Waals surface area contributed by atoms with Crippen molar-refractivity contribution in [3.8, 4) is 0 Å². The number of anilines is 1. The molecule has 1 heterocycles. The molecular formula is C12H17ClN4O2. The summed E-state index contributed by atoms with van der Waals surface area (Å²) in [5.74, 6) is 0.149. The number of hydrogen-bond donors (Lipinski definition) is 3. The van der Waals surface area contributed by atoms with E-state index < -0.39 is 0 Å². The summed E-state index contributed by atoms with van der Waals surface area (Å²) < 4.78 is 0. The number of amides is 2. The van der Waals surface area contributed by atoms with E-state index in [2.05, 4.69) is 20.9 Å². The number of nitrogens with one attached hydrogen (secondary N) is 3. The van der Waals surface area contributed by atoms with Gasteiger partial charge in [-0.2, -0.15) is 0 Å². The van der Waals surface area contributed by atoms with Gasteiger partial charge in [0.15, 0.2) is 0 Å². The lowest BCUT2D eigenvalue weighted by atomic mass is 10.2. The van der Waals surface area contributed by atoms with E-state index in [0.717, 1.165) is 0 Å². The van der Waals surface area contributed by atoms with Gasteiger partial charge in [-0.25, -0.2) is 4.98 Å². The van der Waals surface area contributed by atoms with E-state index in [9.17, 15) is 9.59 Å². The number of nitrogens with zero attached hydrogens (tertiary/aromatic N) is 1. The fourth-order valence-electron chi connectivity index (χ4n) is 1.38. The molecule has 1 rings (SSSR count). The standard InChI is InChI=1S/C12H17ClN4O2/c1-3-14-11-10(13)6-9(7-17-11)12(19)16-5-4-15-8(2)18/h6-7H,3-5H2,1-2H3,(H,14,17)(H,15,18)(H,16,19). The lowest BCUT2D eigenvalue weighted by Gasteiger charge is -2.08. The second kappa shape index (κ2) is 7.58. The molecule has 0 radical (unpaired) electrons. The summed E-state index contributed by atoms with van der Waals surface area (Å²) in [7, 11) is 0. The smallest absolute Gasteiger partial charge is 0.252 e. The van der Waals surface area contributed by atoms with Crippen LogP contribution in [0.5, 0.6) is 0 Å². The maximum atomic E-state index is 11.8. The summed E-state index contributed by atoms with van der Waals surface area (Å²) in [6.45, 7) is 4.79. The average molecular weight is 285 g/mol. The number of halogens is 1. The van der Waals surface area contributed by atoms with Crippen LogP contribution in [0.1, 0.15) is 24.2 Å². The van der Waals surface area contributed by atoms with Crippen molar-refractivity contribution in [3.05, 3.63) is 22.8 Å². The van der Waals surface area contributed by atoms with Gasteiger partial charge in [0, 0.05) is 32.8 Å². The first-order valence-electron chi connectivity index (χ1n) is 5.96. The highest BCUT2D eigenvalue weighted by Gasteiger charge is 2.09. The summed E-state index contributed by atoms with van der Waals surface area (Å²) in [6, 6.07) is 1.56. The molecule has 6 nitrogen and oxygen atoms in total. The van der Waals surface area contributed by atoms with Crippen LogP contribution < -0.4 is 16.0 Å². The van der Waals surface area contributed by atoms with Crippen LogP contribution >= 0.6 is 11.6 Å². The Labute approximate surface area is 116 Å². The zero-order valence-corrected chi connectivity index (χ0v) is 11.7. The number of hydrogen-bond acceptors (Lipinski definition) is 4. The van der Waals surface area contributed by atoms with Crippen LogP contribution in [0, 0.1) is 0 Å². The maximum absolute atomic E-state index is 11.8. The van der Waals surface area contributed by atoms with Crippen LogP contribution in [-0.2, 0) is 4.79 Å². The van der Waals surface area contributed by atoms with Gasteiger partial charge in [0.05, 0.1) is 10.6 Å². The minimum Gasteiger partial charge on any atom is -0.369 e. The number of carbonyl (C=O) groups is 2. The minimum absolute atomic E-state index is 0.131. The Morgan fingerprint density at radius 1 is 1.32 bits per heavy atom. The van der Waals surface area contributed by atoms with Crippen molar-refractivity contribution >= 4 is 29.2 Å². The first-order chi connectivity index (χ1) is 9.04. The fraction of sp³-hybridized carbons (Fsp3) is 0.417. The van der Waals surface area contributed by atoms with Crippen molar-refractivity contribution in [3.63, 3.8) is 0 Å². The molecule has 1 aromatic heterocycles. The van der Waals surface area contributed by atoms with Crippen molar-refractivity contribution < 1.29 is 9.59 Å². The molecule has 0 spiro atoms. The number of rotatable bonds is 6. The highest BCUT2D eigenvalue weighted by Crippen LogP contribution is 2.19. The van der Waals surface area contributed by atoms with E-state index in [4.69, 9.17) is 11.6 Å². The number of aromatic nitrogens is 1. The second-order valence-electron chi connectivity index (χ2n) is 3.82. The zero-order valence-electron chi connectivity index (χ0n) is 10.9. The molecule has 0 bridgehead atoms. The summed E-state index contributed by atoms with van der Waals surface area (Å²) >= 11 is 5.99. The molecule has 7 heteroatoms. The first kappa shape index (κ1) is 15.2. The third-order valence-electron chi connectivity index (χ3n) is 2.23. The first-order valence-corrected chi connectivity index (χ1v) is 6.34. The van der Waals surface area contributed by atoms with Gasteiger partial charge in [0.1, 0.15) is 5.82 Å². The van der Waals surface area contributed by atoms with Gasteiger partial charge >= 0.3 is 0 Å². The Bertz CT molecular complexity index is 465. The van der Waals surface area contributed by atoms with Crippen LogP contribution in [-0.4, -0.2) is 36.4 Å². The molecule has 2 amide bonds. The van der Waals surface area contributed by atoms with E-state index in [1.165, 1.54) is 13.1 Å². The molecular weight excluding hydrogens is 268 g/mol. The lowest BCUT2D eigenvalue weighted by molar-refractivity contribution is -0.118. The Hall–Kier alpha value is -1.82. The second-order valence-corrected chi connectivity index (χ2v) is 4.23. The Balaban J connectivity index is 2.53. The van der Waals surface area contributed by atoms with E-state index in [1.807, 2.05) is 6.92 Å². The number of pyridine rings is 1. The van der Waals surface area contributed by atoms with Crippen LogP contribution in [0.2, 0.25) is 5.02 Å². The largest absolute Gasteiger partial charge is 0.369 e. The molecule has 0 aliphatic carbocycles. The molecule has 0 unspecified atom stereocenters. The highest BCUT2D eigenvalue weighted by molar-refractivity contribution is 6.33. The van der Waals surface area contributed by atoms with Crippen molar-refractivity contribution in [1.29, 1.82) is 0 Å². The fourth-order valence-corrected chi connectivity index (χ4v) is 1.61.